The summed E-state index contributed by atoms with van der Waals surface area (Å²) >= 11 is 3.71. The van der Waals surface area contributed by atoms with E-state index in [-0.39, 0.29) is 5.41 Å². The van der Waals surface area contributed by atoms with Crippen molar-refractivity contribution in [3.05, 3.63) is 21.7 Å². The molecular formula is C16H24BrNO2. The highest BCUT2D eigenvalue weighted by molar-refractivity contribution is 9.10. The van der Waals surface area contributed by atoms with E-state index in [9.17, 15) is 0 Å². The number of hydrogen-bond donors (Lipinski definition) is 1. The van der Waals surface area contributed by atoms with Crippen molar-refractivity contribution in [1.29, 1.82) is 0 Å². The average molecular weight is 342 g/mol. The van der Waals surface area contributed by atoms with Crippen molar-refractivity contribution >= 4 is 15.9 Å². The largest absolute Gasteiger partial charge is 0.493 e. The van der Waals surface area contributed by atoms with E-state index in [1.165, 1.54) is 11.1 Å². The molecule has 0 fully saturated rings. The van der Waals surface area contributed by atoms with Gasteiger partial charge >= 0.3 is 0 Å². The maximum absolute atomic E-state index is 5.65. The fourth-order valence-electron chi connectivity index (χ4n) is 3.22. The molecule has 1 aromatic carbocycles. The summed E-state index contributed by atoms with van der Waals surface area (Å²) in [5.74, 6) is 1.66. The molecule has 0 saturated heterocycles. The molecule has 2 rings (SSSR count). The number of rotatable bonds is 5. The molecule has 0 spiro atoms. The maximum Gasteiger partial charge on any atom is 0.165 e. The third-order valence-electron chi connectivity index (χ3n) is 4.04. The topological polar surface area (TPSA) is 30.5 Å². The van der Waals surface area contributed by atoms with Crippen LogP contribution in [0.3, 0.4) is 0 Å². The summed E-state index contributed by atoms with van der Waals surface area (Å²) in [4.78, 5) is 0. The molecule has 3 nitrogen and oxygen atoms in total. The van der Waals surface area contributed by atoms with Crippen LogP contribution in [0.15, 0.2) is 10.5 Å². The van der Waals surface area contributed by atoms with Gasteiger partial charge in [-0.3, -0.25) is 0 Å². The zero-order chi connectivity index (χ0) is 14.9. The number of ether oxygens (including phenoxy) is 2. The van der Waals surface area contributed by atoms with Crippen LogP contribution in [0.5, 0.6) is 11.5 Å². The van der Waals surface area contributed by atoms with Crippen LogP contribution in [0.2, 0.25) is 0 Å². The van der Waals surface area contributed by atoms with Gasteiger partial charge in [-0.05, 0) is 36.4 Å². The highest BCUT2D eigenvalue weighted by Crippen LogP contribution is 2.54. The summed E-state index contributed by atoms with van der Waals surface area (Å²) in [6, 6.07) is 2.34. The van der Waals surface area contributed by atoms with Crippen LogP contribution < -0.4 is 14.8 Å². The van der Waals surface area contributed by atoms with Gasteiger partial charge in [-0.25, -0.2) is 0 Å². The zero-order valence-electron chi connectivity index (χ0n) is 13.0. The SMILES string of the molecule is CCCNC1CC(C)(C)c2c(Br)cc(OC)c(OC)c21. The van der Waals surface area contributed by atoms with Gasteiger partial charge in [0.2, 0.25) is 0 Å². The second-order valence-electron chi connectivity index (χ2n) is 5.98. The molecule has 0 radical (unpaired) electrons. The Morgan fingerprint density at radius 2 is 2.05 bits per heavy atom. The fraction of sp³-hybridized carbons (Fsp3) is 0.625. The highest BCUT2D eigenvalue weighted by Gasteiger charge is 2.41. The molecule has 0 bridgehead atoms. The molecule has 0 aromatic heterocycles. The molecule has 0 aliphatic heterocycles. The van der Waals surface area contributed by atoms with Crippen molar-refractivity contribution in [2.45, 2.75) is 45.1 Å². The normalized spacial score (nSPS) is 19.8. The van der Waals surface area contributed by atoms with Crippen molar-refractivity contribution in [2.24, 2.45) is 0 Å². The van der Waals surface area contributed by atoms with Crippen LogP contribution >= 0.6 is 15.9 Å². The monoisotopic (exact) mass is 341 g/mol. The van der Waals surface area contributed by atoms with Crippen LogP contribution in [-0.4, -0.2) is 20.8 Å². The number of nitrogens with one attached hydrogen (secondary N) is 1. The van der Waals surface area contributed by atoms with E-state index in [0.29, 0.717) is 6.04 Å². The van der Waals surface area contributed by atoms with Crippen LogP contribution in [0, 0.1) is 0 Å². The van der Waals surface area contributed by atoms with E-state index in [0.717, 1.165) is 35.4 Å². The van der Waals surface area contributed by atoms with Gasteiger partial charge in [-0.15, -0.1) is 0 Å². The van der Waals surface area contributed by atoms with Gasteiger partial charge in [-0.2, -0.15) is 0 Å². The Kier molecular flexibility index (Phi) is 4.65. The predicted molar refractivity (Wildman–Crippen MR) is 85.9 cm³/mol. The van der Waals surface area contributed by atoms with Crippen LogP contribution in [0.25, 0.3) is 0 Å². The molecule has 112 valence electrons. The lowest BCUT2D eigenvalue weighted by Crippen LogP contribution is -2.22. The Hall–Kier alpha value is -0.740. The van der Waals surface area contributed by atoms with Gasteiger partial charge in [0.25, 0.3) is 0 Å². The smallest absolute Gasteiger partial charge is 0.165 e. The van der Waals surface area contributed by atoms with E-state index in [2.05, 4.69) is 42.0 Å². The molecule has 0 heterocycles. The molecule has 1 unspecified atom stereocenters. The molecule has 1 aliphatic carbocycles. The third-order valence-corrected chi connectivity index (χ3v) is 4.66. The number of fused-ring (bicyclic) bond motifs is 1. The van der Waals surface area contributed by atoms with Gasteiger partial charge in [0.05, 0.1) is 14.2 Å². The minimum Gasteiger partial charge on any atom is -0.493 e. The van der Waals surface area contributed by atoms with Gasteiger partial charge < -0.3 is 14.8 Å². The van der Waals surface area contributed by atoms with Gasteiger partial charge in [0.1, 0.15) is 0 Å². The van der Waals surface area contributed by atoms with E-state index >= 15 is 0 Å². The van der Waals surface area contributed by atoms with Crippen LogP contribution in [0.4, 0.5) is 0 Å². The molecule has 1 atom stereocenters. The summed E-state index contributed by atoms with van der Waals surface area (Å²) in [5, 5.41) is 3.64. The Labute approximate surface area is 130 Å². The molecular weight excluding hydrogens is 318 g/mol. The molecule has 0 amide bonds. The van der Waals surface area contributed by atoms with E-state index in [4.69, 9.17) is 9.47 Å². The van der Waals surface area contributed by atoms with Gasteiger partial charge in [0.15, 0.2) is 11.5 Å². The molecule has 1 aliphatic rings. The molecule has 4 heteroatoms. The Morgan fingerprint density at radius 3 is 2.60 bits per heavy atom. The second-order valence-corrected chi connectivity index (χ2v) is 6.83. The minimum absolute atomic E-state index is 0.124. The van der Waals surface area contributed by atoms with Crippen LogP contribution in [-0.2, 0) is 5.41 Å². The first-order valence-corrected chi connectivity index (χ1v) is 7.93. The van der Waals surface area contributed by atoms with Crippen molar-refractivity contribution in [1.82, 2.24) is 5.32 Å². The average Bonchev–Trinajstić information content (AvgIpc) is 2.68. The zero-order valence-corrected chi connectivity index (χ0v) is 14.6. The van der Waals surface area contributed by atoms with Gasteiger partial charge in [0, 0.05) is 16.1 Å². The fourth-order valence-corrected chi connectivity index (χ4v) is 4.18. The Balaban J connectivity index is 2.59. The van der Waals surface area contributed by atoms with Crippen LogP contribution in [0.1, 0.15) is 50.8 Å². The summed E-state index contributed by atoms with van der Waals surface area (Å²) in [6.07, 6.45) is 2.20. The molecule has 20 heavy (non-hydrogen) atoms. The second kappa shape index (κ2) is 5.94. The van der Waals surface area contributed by atoms with Crippen molar-refractivity contribution in [3.8, 4) is 11.5 Å². The van der Waals surface area contributed by atoms with Gasteiger partial charge in [-0.1, -0.05) is 36.7 Å². The Bertz CT molecular complexity index is 500. The maximum atomic E-state index is 5.65. The molecule has 0 saturated carbocycles. The predicted octanol–water partition coefficient (Wildman–Crippen LogP) is 4.19. The standard InChI is InChI=1S/C16H24BrNO2/c1-6-7-18-11-9-16(2,3)14-10(17)8-12(19-4)15(20-5)13(11)14/h8,11,18H,6-7,9H2,1-5H3. The summed E-state index contributed by atoms with van der Waals surface area (Å²) in [6.45, 7) is 7.77. The first-order valence-electron chi connectivity index (χ1n) is 7.14. The molecule has 1 aromatic rings. The summed E-state index contributed by atoms with van der Waals surface area (Å²) < 4.78 is 12.2. The van der Waals surface area contributed by atoms with E-state index < -0.39 is 0 Å². The Morgan fingerprint density at radius 1 is 1.35 bits per heavy atom. The van der Waals surface area contributed by atoms with Crippen molar-refractivity contribution in [2.75, 3.05) is 20.8 Å². The molecule has 1 N–H and O–H groups in total. The first-order chi connectivity index (χ1) is 9.46. The van der Waals surface area contributed by atoms with Crippen molar-refractivity contribution < 1.29 is 9.47 Å². The van der Waals surface area contributed by atoms with E-state index in [1.54, 1.807) is 14.2 Å². The summed E-state index contributed by atoms with van der Waals surface area (Å²) in [7, 11) is 3.40. The number of halogens is 1. The number of hydrogen-bond acceptors (Lipinski definition) is 3. The lowest BCUT2D eigenvalue weighted by molar-refractivity contribution is 0.347. The minimum atomic E-state index is 0.124. The lowest BCUT2D eigenvalue weighted by Gasteiger charge is -2.21. The van der Waals surface area contributed by atoms with Crippen molar-refractivity contribution in [3.63, 3.8) is 0 Å². The highest BCUT2D eigenvalue weighted by atomic mass is 79.9. The van der Waals surface area contributed by atoms with E-state index in [1.807, 2.05) is 6.07 Å². The third kappa shape index (κ3) is 2.56. The summed E-state index contributed by atoms with van der Waals surface area (Å²) in [5.41, 5.74) is 2.71. The first kappa shape index (κ1) is 15.6. The number of benzene rings is 1. The lowest BCUT2D eigenvalue weighted by atomic mass is 9.86. The quantitative estimate of drug-likeness (QED) is 0.870. The number of methoxy groups -OCH3 is 2.